The Morgan fingerprint density at radius 2 is 1.87 bits per heavy atom. The number of methoxy groups -OCH3 is 1. The van der Waals surface area contributed by atoms with Crippen LogP contribution in [0.15, 0.2) is 42.7 Å². The van der Waals surface area contributed by atoms with Crippen molar-refractivity contribution in [2.45, 2.75) is 6.42 Å². The molecule has 2 amide bonds. The topological polar surface area (TPSA) is 107 Å². The van der Waals surface area contributed by atoms with Gasteiger partial charge in [0.25, 0.3) is 11.8 Å². The van der Waals surface area contributed by atoms with E-state index in [0.29, 0.717) is 22.6 Å². The van der Waals surface area contributed by atoms with Crippen LogP contribution in [0.4, 0.5) is 5.69 Å². The lowest BCUT2D eigenvalue weighted by Crippen LogP contribution is -2.45. The number of pyridine rings is 1. The third-order valence-electron chi connectivity index (χ3n) is 3.26. The van der Waals surface area contributed by atoms with Gasteiger partial charge in [0.1, 0.15) is 5.75 Å². The Bertz CT molecular complexity index is 709. The second-order valence-electron chi connectivity index (χ2n) is 4.58. The molecule has 1 aromatic carbocycles. The molecule has 0 atom stereocenters. The smallest absolute Gasteiger partial charge is 0.279 e. The van der Waals surface area contributed by atoms with Crippen LogP contribution in [0.25, 0.3) is 0 Å². The highest BCUT2D eigenvalue weighted by atomic mass is 35.5. The highest BCUT2D eigenvalue weighted by Crippen LogP contribution is 2.24. The lowest BCUT2D eigenvalue weighted by Gasteiger charge is -2.27. The van der Waals surface area contributed by atoms with Crippen molar-refractivity contribution in [3.05, 3.63) is 53.9 Å². The monoisotopic (exact) mass is 336 g/mol. The summed E-state index contributed by atoms with van der Waals surface area (Å²) in [7, 11) is 1.53. The van der Waals surface area contributed by atoms with Gasteiger partial charge in [-0.1, -0.05) is 6.07 Å². The van der Waals surface area contributed by atoms with E-state index in [1.165, 1.54) is 7.11 Å². The maximum Gasteiger partial charge on any atom is 0.279 e. The number of carbonyl (C=O) groups is 2. The first-order valence-electron chi connectivity index (χ1n) is 6.40. The Balaban J connectivity index is 0.00000132. The molecule has 0 fully saturated rings. The second-order valence-corrected chi connectivity index (χ2v) is 4.58. The Morgan fingerprint density at radius 3 is 2.52 bits per heavy atom. The van der Waals surface area contributed by atoms with Crippen molar-refractivity contribution in [3.63, 3.8) is 0 Å². The number of benzene rings is 1. The van der Waals surface area contributed by atoms with Crippen molar-refractivity contribution < 1.29 is 14.3 Å². The maximum absolute atomic E-state index is 12.5. The van der Waals surface area contributed by atoms with Crippen LogP contribution < -0.4 is 16.3 Å². The van der Waals surface area contributed by atoms with Gasteiger partial charge in [0.15, 0.2) is 0 Å². The number of nitrogens with zero attached hydrogens (tertiary/aromatic N) is 2. The second kappa shape index (κ2) is 7.57. The number of amides is 2. The number of aromatic nitrogens is 1. The van der Waals surface area contributed by atoms with Gasteiger partial charge in [-0.15, -0.1) is 12.4 Å². The van der Waals surface area contributed by atoms with Crippen LogP contribution in [0.2, 0.25) is 0 Å². The molecule has 1 aliphatic rings. The van der Waals surface area contributed by atoms with Crippen LogP contribution in [0.1, 0.15) is 15.9 Å². The number of fused-ring (bicyclic) bond motifs is 1. The number of carbonyl (C=O) groups excluding carboxylic acids is 2. The minimum atomic E-state index is -0.392. The average molecular weight is 337 g/mol. The van der Waals surface area contributed by atoms with E-state index in [1.54, 1.807) is 42.7 Å². The van der Waals surface area contributed by atoms with Gasteiger partial charge >= 0.3 is 0 Å². The highest BCUT2D eigenvalue weighted by molar-refractivity contribution is 6.10. The van der Waals surface area contributed by atoms with Crippen molar-refractivity contribution in [2.24, 2.45) is 0 Å². The average Bonchev–Trinajstić information content (AvgIpc) is 2.52. The molecule has 2 heterocycles. The van der Waals surface area contributed by atoms with Gasteiger partial charge in [-0.25, -0.2) is 0 Å². The summed E-state index contributed by atoms with van der Waals surface area (Å²) in [6.07, 6.45) is 3.33. The first-order chi connectivity index (χ1) is 10.2. The van der Waals surface area contributed by atoms with Crippen LogP contribution in [0.5, 0.6) is 5.75 Å². The van der Waals surface area contributed by atoms with Gasteiger partial charge in [0, 0.05) is 18.0 Å². The molecule has 0 bridgehead atoms. The van der Waals surface area contributed by atoms with E-state index >= 15 is 0 Å². The summed E-state index contributed by atoms with van der Waals surface area (Å²) in [6.45, 7) is 0. The zero-order chi connectivity index (χ0) is 14.8. The van der Waals surface area contributed by atoms with Crippen molar-refractivity contribution in [1.82, 2.24) is 16.1 Å². The Morgan fingerprint density at radius 1 is 1.17 bits per heavy atom. The summed E-state index contributed by atoms with van der Waals surface area (Å²) >= 11 is 0. The van der Waals surface area contributed by atoms with Crippen molar-refractivity contribution >= 4 is 29.9 Å². The molecule has 8 heteroatoms. The first kappa shape index (κ1) is 18.4. The van der Waals surface area contributed by atoms with E-state index in [0.717, 1.165) is 5.01 Å². The minimum absolute atomic E-state index is 0. The normalized spacial score (nSPS) is 12.7. The Kier molecular flexibility index (Phi) is 6.06. The van der Waals surface area contributed by atoms with Crippen LogP contribution in [0, 0.1) is 0 Å². The zero-order valence-corrected chi connectivity index (χ0v) is 13.3. The van der Waals surface area contributed by atoms with E-state index in [-0.39, 0.29) is 30.9 Å². The van der Waals surface area contributed by atoms with Gasteiger partial charge in [-0.05, 0) is 29.8 Å². The summed E-state index contributed by atoms with van der Waals surface area (Å²) in [5, 5.41) is 1.02. The van der Waals surface area contributed by atoms with E-state index in [2.05, 4.69) is 10.4 Å². The van der Waals surface area contributed by atoms with Crippen molar-refractivity contribution in [2.75, 3.05) is 12.5 Å². The number of hydrazine groups is 1. The summed E-state index contributed by atoms with van der Waals surface area (Å²) in [5.41, 5.74) is 4.61. The lowest BCUT2D eigenvalue weighted by molar-refractivity contribution is -0.127. The van der Waals surface area contributed by atoms with Gasteiger partial charge in [-0.2, -0.15) is 5.01 Å². The zero-order valence-electron chi connectivity index (χ0n) is 12.5. The third kappa shape index (κ3) is 3.58. The summed E-state index contributed by atoms with van der Waals surface area (Å²) in [4.78, 5) is 28.5. The number of ether oxygens (including phenoxy) is 1. The largest absolute Gasteiger partial charge is 0.497 e. The molecule has 0 unspecified atom stereocenters. The molecule has 7 nitrogen and oxygen atoms in total. The number of rotatable bonds is 3. The summed E-state index contributed by atoms with van der Waals surface area (Å²) < 4.78 is 5.12. The maximum atomic E-state index is 12.5. The summed E-state index contributed by atoms with van der Waals surface area (Å²) in [5.74, 6) is -0.105. The van der Waals surface area contributed by atoms with Crippen LogP contribution in [-0.4, -0.2) is 28.9 Å². The highest BCUT2D eigenvalue weighted by Gasteiger charge is 2.31. The molecule has 1 aliphatic heterocycles. The molecule has 0 saturated heterocycles. The van der Waals surface area contributed by atoms with E-state index in [1.807, 2.05) is 0 Å². The molecule has 23 heavy (non-hydrogen) atoms. The molecule has 0 spiro atoms. The number of imide groups is 1. The number of hydrogen-bond donors (Lipinski definition) is 2. The number of anilines is 1. The molecule has 3 rings (SSSR count). The quantitative estimate of drug-likeness (QED) is 0.832. The molecule has 0 radical (unpaired) electrons. The fourth-order valence-corrected chi connectivity index (χ4v) is 2.18. The van der Waals surface area contributed by atoms with E-state index in [9.17, 15) is 9.59 Å². The predicted octanol–water partition coefficient (Wildman–Crippen LogP) is 2.23. The summed E-state index contributed by atoms with van der Waals surface area (Å²) in [6, 6.07) is 8.49. The predicted molar refractivity (Wildman–Crippen MR) is 88.0 cm³/mol. The molecular weight excluding hydrogens is 320 g/mol. The van der Waals surface area contributed by atoms with Gasteiger partial charge in [0.05, 0.1) is 19.2 Å². The fraction of sp³-hybridized carbons (Fsp3) is 0.133. The minimum Gasteiger partial charge on any atom is -0.497 e. The van der Waals surface area contributed by atoms with Gasteiger partial charge in [0.2, 0.25) is 0 Å². The van der Waals surface area contributed by atoms with Gasteiger partial charge < -0.3 is 10.9 Å². The van der Waals surface area contributed by atoms with Crippen LogP contribution in [-0.2, 0) is 11.2 Å². The Labute approximate surface area is 139 Å². The molecule has 0 aliphatic carbocycles. The molecule has 122 valence electrons. The van der Waals surface area contributed by atoms with E-state index in [4.69, 9.17) is 4.74 Å². The lowest BCUT2D eigenvalue weighted by atomic mass is 9.99. The Hall–Kier alpha value is -2.64. The SMILES string of the molecule is COc1ccc2c(c1)C(=O)N(Nc1ccncc1)C(=O)C2.Cl.N. The molecular formula is C15H17ClN4O3. The standard InChI is InChI=1S/C15H13N3O3.ClH.H3N/c1-21-12-3-2-10-8-14(19)18(15(20)13(10)9-12)17-11-4-6-16-7-5-11;;/h2-7,9H,8H2,1H3,(H,16,17);1H;1H3. The molecule has 2 aromatic rings. The third-order valence-corrected chi connectivity index (χ3v) is 3.26. The first-order valence-corrected chi connectivity index (χ1v) is 6.40. The molecule has 1 aromatic heterocycles. The number of halogens is 1. The fourth-order valence-electron chi connectivity index (χ4n) is 2.18. The van der Waals surface area contributed by atoms with Gasteiger partial charge in [-0.3, -0.25) is 20.0 Å². The number of hydrogen-bond acceptors (Lipinski definition) is 6. The van der Waals surface area contributed by atoms with Crippen LogP contribution >= 0.6 is 12.4 Å². The number of nitrogens with one attached hydrogen (secondary N) is 1. The van der Waals surface area contributed by atoms with Crippen molar-refractivity contribution in [1.29, 1.82) is 0 Å². The molecule has 0 saturated carbocycles. The van der Waals surface area contributed by atoms with Crippen LogP contribution in [0.3, 0.4) is 0 Å². The molecule has 4 N–H and O–H groups in total. The van der Waals surface area contributed by atoms with E-state index < -0.39 is 5.91 Å². The van der Waals surface area contributed by atoms with Crippen molar-refractivity contribution in [3.8, 4) is 5.75 Å².